The van der Waals surface area contributed by atoms with Gasteiger partial charge in [-0.15, -0.1) is 0 Å². The summed E-state index contributed by atoms with van der Waals surface area (Å²) in [5.74, 6) is 2.31. The van der Waals surface area contributed by atoms with Gasteiger partial charge in [-0.3, -0.25) is 0 Å². The summed E-state index contributed by atoms with van der Waals surface area (Å²) in [6, 6.07) is 14.2. The maximum Gasteiger partial charge on any atom is 0.226 e. The number of hydrogen-bond acceptors (Lipinski definition) is 4. The first kappa shape index (κ1) is 16.2. The van der Waals surface area contributed by atoms with Gasteiger partial charge in [0.1, 0.15) is 17.3 Å². The van der Waals surface area contributed by atoms with Crippen LogP contribution in [-0.4, -0.2) is 34.1 Å². The van der Waals surface area contributed by atoms with E-state index < -0.39 is 11.2 Å². The van der Waals surface area contributed by atoms with E-state index in [4.69, 9.17) is 4.42 Å². The fourth-order valence-electron chi connectivity index (χ4n) is 2.87. The van der Waals surface area contributed by atoms with Crippen LogP contribution in [0.15, 0.2) is 59.1 Å². The molecule has 4 rings (SSSR count). The minimum Gasteiger partial charge on any atom is -0.616 e. The van der Waals surface area contributed by atoms with E-state index in [2.05, 4.69) is 9.88 Å². The molecule has 0 unspecified atom stereocenters. The predicted molar refractivity (Wildman–Crippen MR) is 97.4 cm³/mol. The quantitative estimate of drug-likeness (QED) is 0.671. The van der Waals surface area contributed by atoms with Crippen molar-refractivity contribution in [1.29, 1.82) is 0 Å². The molecule has 1 fully saturated rings. The maximum atomic E-state index is 13.0. The third kappa shape index (κ3) is 3.55. The summed E-state index contributed by atoms with van der Waals surface area (Å²) in [7, 11) is 0. The highest BCUT2D eigenvalue weighted by Gasteiger charge is 2.19. The molecule has 1 aromatic heterocycles. The van der Waals surface area contributed by atoms with Gasteiger partial charge >= 0.3 is 0 Å². The van der Waals surface area contributed by atoms with Crippen LogP contribution in [0.25, 0.3) is 22.8 Å². The first-order valence-electron chi connectivity index (χ1n) is 8.11. The van der Waals surface area contributed by atoms with E-state index in [0.29, 0.717) is 11.7 Å². The molecule has 0 N–H and O–H groups in total. The van der Waals surface area contributed by atoms with Gasteiger partial charge in [-0.25, -0.2) is 9.37 Å². The predicted octanol–water partition coefficient (Wildman–Crippen LogP) is 3.72. The van der Waals surface area contributed by atoms with Crippen molar-refractivity contribution < 1.29 is 13.4 Å². The number of oxazole rings is 1. The number of halogens is 1. The Labute approximate surface area is 148 Å². The molecule has 1 saturated heterocycles. The van der Waals surface area contributed by atoms with Gasteiger partial charge in [0.25, 0.3) is 0 Å². The Morgan fingerprint density at radius 2 is 1.60 bits per heavy atom. The van der Waals surface area contributed by atoms with E-state index in [1.54, 1.807) is 18.3 Å². The summed E-state index contributed by atoms with van der Waals surface area (Å²) in [5.41, 5.74) is 2.80. The van der Waals surface area contributed by atoms with E-state index in [-0.39, 0.29) is 5.82 Å². The van der Waals surface area contributed by atoms with E-state index in [9.17, 15) is 8.94 Å². The number of nitrogens with zero attached hydrogens (tertiary/aromatic N) is 2. The number of aromatic nitrogens is 1. The number of hydrogen-bond donors (Lipinski definition) is 0. The van der Waals surface area contributed by atoms with Gasteiger partial charge in [0.05, 0.1) is 19.3 Å². The highest BCUT2D eigenvalue weighted by molar-refractivity contribution is 7.91. The van der Waals surface area contributed by atoms with E-state index in [0.717, 1.165) is 41.4 Å². The van der Waals surface area contributed by atoms with Crippen LogP contribution in [0.5, 0.6) is 0 Å². The van der Waals surface area contributed by atoms with E-state index in [1.165, 1.54) is 12.1 Å². The number of anilines is 1. The van der Waals surface area contributed by atoms with Gasteiger partial charge in [-0.1, -0.05) is 11.2 Å². The molecule has 128 valence electrons. The highest BCUT2D eigenvalue weighted by atomic mass is 32.2. The zero-order chi connectivity index (χ0) is 17.2. The molecular weight excluding hydrogens is 339 g/mol. The zero-order valence-corrected chi connectivity index (χ0v) is 14.3. The monoisotopic (exact) mass is 356 g/mol. The maximum absolute atomic E-state index is 13.0. The largest absolute Gasteiger partial charge is 0.616 e. The smallest absolute Gasteiger partial charge is 0.226 e. The van der Waals surface area contributed by atoms with Gasteiger partial charge in [0.15, 0.2) is 5.76 Å². The average molecular weight is 356 g/mol. The van der Waals surface area contributed by atoms with Crippen molar-refractivity contribution in [2.45, 2.75) is 0 Å². The van der Waals surface area contributed by atoms with Crippen molar-refractivity contribution in [3.63, 3.8) is 0 Å². The van der Waals surface area contributed by atoms with Crippen LogP contribution >= 0.6 is 0 Å². The lowest BCUT2D eigenvalue weighted by Gasteiger charge is -2.29. The Morgan fingerprint density at radius 3 is 2.28 bits per heavy atom. The van der Waals surface area contributed by atoms with Gasteiger partial charge in [-0.2, -0.15) is 0 Å². The van der Waals surface area contributed by atoms with Gasteiger partial charge < -0.3 is 13.9 Å². The zero-order valence-electron chi connectivity index (χ0n) is 13.5. The van der Waals surface area contributed by atoms with Gasteiger partial charge in [0, 0.05) is 16.8 Å². The molecule has 6 heteroatoms. The molecule has 0 atom stereocenters. The molecule has 0 saturated carbocycles. The SMILES string of the molecule is [O-][S+]1CCN(c2ccc(-c3cnc(-c4ccc(F)cc4)o3)cc2)CC1. The lowest BCUT2D eigenvalue weighted by Crippen LogP contribution is -2.40. The second kappa shape index (κ2) is 6.90. The van der Waals surface area contributed by atoms with Crippen molar-refractivity contribution in [3.05, 3.63) is 60.5 Å². The van der Waals surface area contributed by atoms with E-state index in [1.807, 2.05) is 24.3 Å². The second-order valence-electron chi connectivity index (χ2n) is 5.92. The molecule has 2 aromatic carbocycles. The Kier molecular flexibility index (Phi) is 4.46. The topological polar surface area (TPSA) is 52.3 Å². The number of benzene rings is 2. The third-order valence-electron chi connectivity index (χ3n) is 4.29. The van der Waals surface area contributed by atoms with E-state index >= 15 is 0 Å². The molecule has 1 aliphatic heterocycles. The summed E-state index contributed by atoms with van der Waals surface area (Å²) >= 11 is -0.674. The van der Waals surface area contributed by atoms with Crippen LogP contribution in [0.4, 0.5) is 10.1 Å². The van der Waals surface area contributed by atoms with Crippen LogP contribution in [0.3, 0.4) is 0 Å². The second-order valence-corrected chi connectivity index (χ2v) is 7.61. The molecule has 3 aromatic rings. The highest BCUT2D eigenvalue weighted by Crippen LogP contribution is 2.28. The Balaban J connectivity index is 1.51. The van der Waals surface area contributed by atoms with Crippen molar-refractivity contribution in [3.8, 4) is 22.8 Å². The molecule has 4 nitrogen and oxygen atoms in total. The number of rotatable bonds is 3. The summed E-state index contributed by atoms with van der Waals surface area (Å²) in [5, 5.41) is 0. The third-order valence-corrected chi connectivity index (χ3v) is 5.57. The lowest BCUT2D eigenvalue weighted by molar-refractivity contribution is 0.586. The summed E-state index contributed by atoms with van der Waals surface area (Å²) in [6.07, 6.45) is 1.68. The fraction of sp³-hybridized carbons (Fsp3) is 0.211. The molecular formula is C19H17FN2O2S. The first-order valence-corrected chi connectivity index (χ1v) is 9.60. The van der Waals surface area contributed by atoms with Crippen LogP contribution < -0.4 is 4.90 Å². The fourth-order valence-corrected chi connectivity index (χ4v) is 3.92. The standard InChI is InChI=1S/C19H17FN2O2S/c20-16-5-1-15(2-6-16)19-21-13-18(24-19)14-3-7-17(8-4-14)22-9-11-25(23)12-10-22/h1-8,13H,9-12H2. The average Bonchev–Trinajstić information content (AvgIpc) is 3.13. The van der Waals surface area contributed by atoms with Gasteiger partial charge in [0.2, 0.25) is 5.89 Å². The molecule has 25 heavy (non-hydrogen) atoms. The normalized spacial score (nSPS) is 15.5. The molecule has 0 amide bonds. The first-order chi connectivity index (χ1) is 12.2. The summed E-state index contributed by atoms with van der Waals surface area (Å²) in [4.78, 5) is 6.53. The van der Waals surface area contributed by atoms with Crippen LogP contribution in [0.1, 0.15) is 0 Å². The summed E-state index contributed by atoms with van der Waals surface area (Å²) in [6.45, 7) is 1.64. The Hall–Kier alpha value is -2.31. The van der Waals surface area contributed by atoms with Crippen molar-refractivity contribution in [2.24, 2.45) is 0 Å². The van der Waals surface area contributed by atoms with Crippen molar-refractivity contribution in [1.82, 2.24) is 4.98 Å². The molecule has 0 bridgehead atoms. The minimum atomic E-state index is -0.674. The molecule has 1 aliphatic rings. The van der Waals surface area contributed by atoms with Crippen LogP contribution in [0.2, 0.25) is 0 Å². The van der Waals surface area contributed by atoms with Crippen LogP contribution in [-0.2, 0) is 11.2 Å². The van der Waals surface area contributed by atoms with Crippen molar-refractivity contribution in [2.75, 3.05) is 29.5 Å². The molecule has 0 radical (unpaired) electrons. The summed E-state index contributed by atoms with van der Waals surface area (Å²) < 4.78 is 30.3. The Bertz CT molecular complexity index is 841. The van der Waals surface area contributed by atoms with Crippen molar-refractivity contribution >= 4 is 16.9 Å². The van der Waals surface area contributed by atoms with Crippen LogP contribution in [0, 0.1) is 5.82 Å². The molecule has 0 aliphatic carbocycles. The Morgan fingerprint density at radius 1 is 0.960 bits per heavy atom. The van der Waals surface area contributed by atoms with Gasteiger partial charge in [-0.05, 0) is 48.5 Å². The molecule has 2 heterocycles. The lowest BCUT2D eigenvalue weighted by atomic mass is 10.1. The molecule has 0 spiro atoms. The minimum absolute atomic E-state index is 0.285.